The van der Waals surface area contributed by atoms with Crippen LogP contribution >= 0.6 is 0 Å². The lowest BCUT2D eigenvalue weighted by molar-refractivity contribution is 0.0163. The molecule has 3 aliphatic rings. The van der Waals surface area contributed by atoms with E-state index in [2.05, 4.69) is 4.90 Å². The lowest BCUT2D eigenvalue weighted by Gasteiger charge is -2.32. The normalized spacial score (nSPS) is 44.1. The first-order valence-corrected chi connectivity index (χ1v) is 6.25. The van der Waals surface area contributed by atoms with Crippen LogP contribution < -0.4 is 0 Å². The maximum atomic E-state index is 5.41. The Morgan fingerprint density at radius 2 is 1.57 bits per heavy atom. The molecule has 0 aromatic carbocycles. The second-order valence-corrected chi connectivity index (χ2v) is 5.22. The highest BCUT2D eigenvalue weighted by Crippen LogP contribution is 2.45. The van der Waals surface area contributed by atoms with Gasteiger partial charge in [0.1, 0.15) is 0 Å². The summed E-state index contributed by atoms with van der Waals surface area (Å²) >= 11 is 0. The maximum absolute atomic E-state index is 5.41. The first-order valence-electron chi connectivity index (χ1n) is 6.25. The van der Waals surface area contributed by atoms with Gasteiger partial charge < -0.3 is 4.74 Å². The molecule has 3 rings (SSSR count). The van der Waals surface area contributed by atoms with Crippen LogP contribution in [0.25, 0.3) is 0 Å². The van der Waals surface area contributed by atoms with Gasteiger partial charge in [-0.15, -0.1) is 0 Å². The van der Waals surface area contributed by atoms with Crippen LogP contribution in [0.15, 0.2) is 0 Å². The van der Waals surface area contributed by atoms with Crippen molar-refractivity contribution in [1.82, 2.24) is 4.90 Å². The minimum Gasteiger partial charge on any atom is -0.379 e. The van der Waals surface area contributed by atoms with Crippen LogP contribution in [0.3, 0.4) is 0 Å². The van der Waals surface area contributed by atoms with Gasteiger partial charge in [-0.3, -0.25) is 4.90 Å². The molecule has 2 aliphatic carbocycles. The van der Waals surface area contributed by atoms with Crippen LogP contribution in [0.1, 0.15) is 32.1 Å². The van der Waals surface area contributed by atoms with Crippen molar-refractivity contribution in [3.8, 4) is 0 Å². The Morgan fingerprint density at radius 3 is 2.21 bits per heavy atom. The van der Waals surface area contributed by atoms with Crippen molar-refractivity contribution in [3.05, 3.63) is 0 Å². The first kappa shape index (κ1) is 9.17. The lowest BCUT2D eigenvalue weighted by Crippen LogP contribution is -2.42. The minimum absolute atomic E-state index is 0.911. The molecule has 3 fully saturated rings. The van der Waals surface area contributed by atoms with Gasteiger partial charge in [-0.1, -0.05) is 19.3 Å². The molecule has 1 saturated heterocycles. The largest absolute Gasteiger partial charge is 0.379 e. The van der Waals surface area contributed by atoms with Crippen molar-refractivity contribution >= 4 is 0 Å². The van der Waals surface area contributed by atoms with Crippen molar-refractivity contribution in [2.75, 3.05) is 26.3 Å². The Balaban J connectivity index is 1.59. The van der Waals surface area contributed by atoms with E-state index in [4.69, 9.17) is 4.74 Å². The summed E-state index contributed by atoms with van der Waals surface area (Å²) in [5.74, 6) is 2.17. The molecule has 80 valence electrons. The number of rotatable bonds is 1. The van der Waals surface area contributed by atoms with E-state index >= 15 is 0 Å². The molecule has 0 aromatic rings. The fourth-order valence-electron chi connectivity index (χ4n) is 3.77. The van der Waals surface area contributed by atoms with Gasteiger partial charge in [0.15, 0.2) is 0 Å². The molecule has 2 heteroatoms. The predicted molar refractivity (Wildman–Crippen MR) is 56.2 cm³/mol. The zero-order valence-electron chi connectivity index (χ0n) is 8.95. The van der Waals surface area contributed by atoms with Crippen LogP contribution in [0.2, 0.25) is 0 Å². The fourth-order valence-corrected chi connectivity index (χ4v) is 3.77. The smallest absolute Gasteiger partial charge is 0.0594 e. The number of morpholine rings is 1. The van der Waals surface area contributed by atoms with Crippen molar-refractivity contribution in [2.24, 2.45) is 11.8 Å². The average Bonchev–Trinajstić information content (AvgIpc) is 2.78. The summed E-state index contributed by atoms with van der Waals surface area (Å²) in [6.07, 6.45) is 7.53. The molecule has 1 heterocycles. The predicted octanol–water partition coefficient (Wildman–Crippen LogP) is 1.90. The summed E-state index contributed by atoms with van der Waals surface area (Å²) in [5, 5.41) is 0. The standard InChI is InChI=1S/C12H21NO/c1-2-10-8-12(9-11(10)3-1)13-4-6-14-7-5-13/h10-12H,1-9H2/t10-,11?,12?/m1/s1. The third-order valence-corrected chi connectivity index (χ3v) is 4.53. The molecular formula is C12H21NO. The Hall–Kier alpha value is -0.0800. The van der Waals surface area contributed by atoms with Crippen LogP contribution in [0, 0.1) is 11.8 Å². The van der Waals surface area contributed by atoms with Crippen molar-refractivity contribution in [1.29, 1.82) is 0 Å². The summed E-state index contributed by atoms with van der Waals surface area (Å²) in [6.45, 7) is 4.30. The van der Waals surface area contributed by atoms with Gasteiger partial charge >= 0.3 is 0 Å². The highest BCUT2D eigenvalue weighted by Gasteiger charge is 2.39. The number of ether oxygens (including phenoxy) is 1. The third-order valence-electron chi connectivity index (χ3n) is 4.53. The van der Waals surface area contributed by atoms with E-state index in [0.717, 1.165) is 31.1 Å². The molecule has 0 amide bonds. The van der Waals surface area contributed by atoms with Crippen molar-refractivity contribution in [3.63, 3.8) is 0 Å². The molecule has 2 unspecified atom stereocenters. The van der Waals surface area contributed by atoms with E-state index in [-0.39, 0.29) is 0 Å². The monoisotopic (exact) mass is 195 g/mol. The first-order chi connectivity index (χ1) is 6.93. The maximum Gasteiger partial charge on any atom is 0.0594 e. The van der Waals surface area contributed by atoms with Crippen LogP contribution in [0.5, 0.6) is 0 Å². The summed E-state index contributed by atoms with van der Waals surface area (Å²) in [5.41, 5.74) is 0. The highest BCUT2D eigenvalue weighted by atomic mass is 16.5. The Kier molecular flexibility index (Phi) is 2.50. The molecule has 2 nitrogen and oxygen atoms in total. The molecule has 0 bridgehead atoms. The van der Waals surface area contributed by atoms with Crippen LogP contribution in [0.4, 0.5) is 0 Å². The van der Waals surface area contributed by atoms with E-state index in [9.17, 15) is 0 Å². The Bertz CT molecular complexity index is 188. The zero-order valence-corrected chi connectivity index (χ0v) is 8.95. The Labute approximate surface area is 86.6 Å². The third kappa shape index (κ3) is 1.59. The van der Waals surface area contributed by atoms with Gasteiger partial charge in [0.2, 0.25) is 0 Å². The molecule has 0 aromatic heterocycles. The van der Waals surface area contributed by atoms with E-state index in [1.54, 1.807) is 0 Å². The molecule has 2 saturated carbocycles. The highest BCUT2D eigenvalue weighted by molar-refractivity contribution is 4.92. The Morgan fingerprint density at radius 1 is 0.929 bits per heavy atom. The zero-order chi connectivity index (χ0) is 9.38. The molecule has 0 radical (unpaired) electrons. The van der Waals surface area contributed by atoms with Gasteiger partial charge in [-0.25, -0.2) is 0 Å². The summed E-state index contributed by atoms with van der Waals surface area (Å²) < 4.78 is 5.41. The molecule has 1 aliphatic heterocycles. The van der Waals surface area contributed by atoms with Crippen LogP contribution in [-0.4, -0.2) is 37.2 Å². The molecule has 0 N–H and O–H groups in total. The second kappa shape index (κ2) is 3.82. The summed E-state index contributed by atoms with van der Waals surface area (Å²) in [7, 11) is 0. The summed E-state index contributed by atoms with van der Waals surface area (Å²) in [4.78, 5) is 2.68. The van der Waals surface area contributed by atoms with Gasteiger partial charge in [0.05, 0.1) is 13.2 Å². The number of nitrogens with zero attached hydrogens (tertiary/aromatic N) is 1. The van der Waals surface area contributed by atoms with Crippen LogP contribution in [-0.2, 0) is 4.74 Å². The average molecular weight is 195 g/mol. The molecule has 14 heavy (non-hydrogen) atoms. The molecule has 0 spiro atoms. The van der Waals surface area contributed by atoms with Crippen molar-refractivity contribution in [2.45, 2.75) is 38.1 Å². The van der Waals surface area contributed by atoms with Gasteiger partial charge in [0.25, 0.3) is 0 Å². The number of hydrogen-bond acceptors (Lipinski definition) is 2. The van der Waals surface area contributed by atoms with Crippen molar-refractivity contribution < 1.29 is 4.74 Å². The van der Waals surface area contributed by atoms with Gasteiger partial charge in [-0.05, 0) is 24.7 Å². The second-order valence-electron chi connectivity index (χ2n) is 5.22. The topological polar surface area (TPSA) is 12.5 Å². The van der Waals surface area contributed by atoms with Gasteiger partial charge in [0, 0.05) is 19.1 Å². The van der Waals surface area contributed by atoms with Gasteiger partial charge in [-0.2, -0.15) is 0 Å². The molecular weight excluding hydrogens is 174 g/mol. The van der Waals surface area contributed by atoms with E-state index < -0.39 is 0 Å². The number of fused-ring (bicyclic) bond motifs is 1. The number of hydrogen-bond donors (Lipinski definition) is 0. The quantitative estimate of drug-likeness (QED) is 0.633. The SMILES string of the molecule is C1CC2CC(N3CCOCC3)C[C@H]2C1. The van der Waals surface area contributed by atoms with E-state index in [1.165, 1.54) is 45.2 Å². The lowest BCUT2D eigenvalue weighted by atomic mass is 10.0. The fraction of sp³-hybridized carbons (Fsp3) is 1.00. The van der Waals surface area contributed by atoms with E-state index in [0.29, 0.717) is 0 Å². The molecule has 3 atom stereocenters. The van der Waals surface area contributed by atoms with E-state index in [1.807, 2.05) is 0 Å². The minimum atomic E-state index is 0.911. The summed E-state index contributed by atoms with van der Waals surface area (Å²) in [6, 6.07) is 0.911.